The summed E-state index contributed by atoms with van der Waals surface area (Å²) in [6.07, 6.45) is 0.573. The van der Waals surface area contributed by atoms with E-state index < -0.39 is 7.60 Å². The molecule has 0 unspecified atom stereocenters. The largest absolute Gasteiger partial charge is 0.341 e. The van der Waals surface area contributed by atoms with Gasteiger partial charge in [-0.05, 0) is 6.42 Å². The first-order valence-corrected chi connectivity index (χ1v) is 6.10. The van der Waals surface area contributed by atoms with Gasteiger partial charge in [0.15, 0.2) is 0 Å². The number of hydrogen-bond donors (Lipinski definition) is 4. The highest BCUT2D eigenvalue weighted by atomic mass is 31.2. The van der Waals surface area contributed by atoms with Gasteiger partial charge in [-0.15, -0.1) is 0 Å². The Bertz CT molecular complexity index is 266. The summed E-state index contributed by atoms with van der Waals surface area (Å²) in [6, 6.07) is 0. The third kappa shape index (κ3) is 3.26. The maximum atomic E-state index is 10.6. The fraction of sp³-hybridized carbons (Fsp3) is 0.833. The Kier molecular flexibility index (Phi) is 3.49. The van der Waals surface area contributed by atoms with Crippen molar-refractivity contribution in [3.63, 3.8) is 0 Å². The van der Waals surface area contributed by atoms with E-state index in [-0.39, 0.29) is 18.7 Å². The van der Waals surface area contributed by atoms with Gasteiger partial charge in [0.25, 0.3) is 0 Å². The zero-order chi connectivity index (χ0) is 10.8. The summed E-state index contributed by atoms with van der Waals surface area (Å²) in [7, 11) is -3.98. The lowest BCUT2D eigenvalue weighted by Crippen LogP contribution is -2.53. The SMILES string of the molecule is N=C1N(N)CCCN1CCP(=O)(O)O. The number of rotatable bonds is 3. The van der Waals surface area contributed by atoms with Crippen LogP contribution in [0.15, 0.2) is 0 Å². The van der Waals surface area contributed by atoms with Gasteiger partial charge < -0.3 is 14.7 Å². The lowest BCUT2D eigenvalue weighted by Gasteiger charge is -2.35. The van der Waals surface area contributed by atoms with Crippen LogP contribution in [-0.2, 0) is 4.57 Å². The van der Waals surface area contributed by atoms with Crippen molar-refractivity contribution in [1.82, 2.24) is 9.91 Å². The van der Waals surface area contributed by atoms with Crippen molar-refractivity contribution in [2.24, 2.45) is 5.84 Å². The minimum absolute atomic E-state index is 0.129. The maximum absolute atomic E-state index is 10.6. The lowest BCUT2D eigenvalue weighted by atomic mass is 10.3. The van der Waals surface area contributed by atoms with Gasteiger partial charge in [-0.1, -0.05) is 0 Å². The van der Waals surface area contributed by atoms with E-state index in [4.69, 9.17) is 21.0 Å². The lowest BCUT2D eigenvalue weighted by molar-refractivity contribution is 0.261. The van der Waals surface area contributed by atoms with Crippen LogP contribution in [0.25, 0.3) is 0 Å². The molecular formula is C6H15N4O3P. The average molecular weight is 222 g/mol. The van der Waals surface area contributed by atoms with Crippen molar-refractivity contribution < 1.29 is 14.4 Å². The molecule has 0 bridgehead atoms. The van der Waals surface area contributed by atoms with Gasteiger partial charge in [0.2, 0.25) is 5.96 Å². The van der Waals surface area contributed by atoms with E-state index in [1.807, 2.05) is 0 Å². The minimum atomic E-state index is -3.98. The molecule has 0 radical (unpaired) electrons. The summed E-state index contributed by atoms with van der Waals surface area (Å²) >= 11 is 0. The van der Waals surface area contributed by atoms with Gasteiger partial charge in [-0.3, -0.25) is 15.0 Å². The fourth-order valence-electron chi connectivity index (χ4n) is 1.29. The normalized spacial score (nSPS) is 18.9. The fourth-order valence-corrected chi connectivity index (χ4v) is 1.80. The first-order chi connectivity index (χ1) is 6.40. The van der Waals surface area contributed by atoms with E-state index in [9.17, 15) is 4.57 Å². The smallest absolute Gasteiger partial charge is 0.327 e. The number of hydrazine groups is 1. The first kappa shape index (κ1) is 11.5. The Labute approximate surface area is 82.1 Å². The third-order valence-electron chi connectivity index (χ3n) is 2.06. The van der Waals surface area contributed by atoms with Crippen LogP contribution in [0.4, 0.5) is 0 Å². The second-order valence-electron chi connectivity index (χ2n) is 3.25. The third-order valence-corrected chi connectivity index (χ3v) is 2.84. The molecule has 1 rings (SSSR count). The van der Waals surface area contributed by atoms with Crippen molar-refractivity contribution in [2.75, 3.05) is 25.8 Å². The summed E-state index contributed by atoms with van der Waals surface area (Å²) < 4.78 is 10.6. The molecule has 0 atom stereocenters. The topological polar surface area (TPSA) is 114 Å². The van der Waals surface area contributed by atoms with Gasteiger partial charge in [0.1, 0.15) is 0 Å². The molecule has 0 aromatic rings. The number of guanidine groups is 1. The summed E-state index contributed by atoms with van der Waals surface area (Å²) in [5.41, 5.74) is 0. The molecule has 1 heterocycles. The summed E-state index contributed by atoms with van der Waals surface area (Å²) in [5.74, 6) is 5.61. The highest BCUT2D eigenvalue weighted by Gasteiger charge is 2.22. The van der Waals surface area contributed by atoms with E-state index in [2.05, 4.69) is 0 Å². The number of nitrogens with one attached hydrogen (secondary N) is 1. The van der Waals surface area contributed by atoms with Crippen LogP contribution in [0.2, 0.25) is 0 Å². The predicted octanol–water partition coefficient (Wildman–Crippen LogP) is -1.02. The van der Waals surface area contributed by atoms with Crippen molar-refractivity contribution >= 4 is 13.6 Å². The van der Waals surface area contributed by atoms with E-state index >= 15 is 0 Å². The molecule has 82 valence electrons. The Morgan fingerprint density at radius 2 is 2.14 bits per heavy atom. The zero-order valence-electron chi connectivity index (χ0n) is 7.76. The van der Waals surface area contributed by atoms with Crippen molar-refractivity contribution in [3.05, 3.63) is 0 Å². The van der Waals surface area contributed by atoms with E-state index in [1.54, 1.807) is 4.90 Å². The molecule has 5 N–H and O–H groups in total. The summed E-state index contributed by atoms with van der Waals surface area (Å²) in [6.45, 7) is 1.43. The van der Waals surface area contributed by atoms with Crippen molar-refractivity contribution in [2.45, 2.75) is 6.42 Å². The predicted molar refractivity (Wildman–Crippen MR) is 51.7 cm³/mol. The Morgan fingerprint density at radius 3 is 2.71 bits per heavy atom. The molecule has 0 aliphatic carbocycles. The van der Waals surface area contributed by atoms with Gasteiger partial charge in [0, 0.05) is 19.6 Å². The molecule has 0 amide bonds. The van der Waals surface area contributed by atoms with Crippen LogP contribution < -0.4 is 5.84 Å². The second-order valence-corrected chi connectivity index (χ2v) is 5.02. The average Bonchev–Trinajstić information content (AvgIpc) is 2.06. The number of nitrogens with zero attached hydrogens (tertiary/aromatic N) is 2. The maximum Gasteiger partial charge on any atom is 0.327 e. The van der Waals surface area contributed by atoms with Gasteiger partial charge in [0.05, 0.1) is 6.16 Å². The van der Waals surface area contributed by atoms with Crippen LogP contribution in [0, 0.1) is 5.41 Å². The molecule has 8 heteroatoms. The monoisotopic (exact) mass is 222 g/mol. The standard InChI is InChI=1S/C6H15N4O3P/c7-6-9(2-1-3-10(6)8)4-5-14(11,12)13/h7H,1-5,8H2,(H2,11,12,13). The van der Waals surface area contributed by atoms with Crippen LogP contribution in [-0.4, -0.2) is 51.5 Å². The first-order valence-electron chi connectivity index (χ1n) is 4.30. The van der Waals surface area contributed by atoms with Crippen LogP contribution in [0.1, 0.15) is 6.42 Å². The molecule has 0 aromatic carbocycles. The van der Waals surface area contributed by atoms with Crippen LogP contribution in [0.5, 0.6) is 0 Å². The highest BCUT2D eigenvalue weighted by Crippen LogP contribution is 2.33. The Morgan fingerprint density at radius 1 is 1.50 bits per heavy atom. The quantitative estimate of drug-likeness (QED) is 0.359. The molecule has 1 aliphatic heterocycles. The van der Waals surface area contributed by atoms with Gasteiger partial charge in [-0.25, -0.2) is 5.84 Å². The summed E-state index contributed by atoms with van der Waals surface area (Å²) in [5, 5.41) is 8.81. The Balaban J connectivity index is 2.44. The highest BCUT2D eigenvalue weighted by molar-refractivity contribution is 7.51. The van der Waals surface area contributed by atoms with E-state index in [0.29, 0.717) is 13.1 Å². The number of hydrogen-bond acceptors (Lipinski definition) is 3. The number of nitrogens with two attached hydrogens (primary N) is 1. The van der Waals surface area contributed by atoms with Crippen LogP contribution in [0.3, 0.4) is 0 Å². The second kappa shape index (κ2) is 4.27. The molecule has 1 saturated heterocycles. The van der Waals surface area contributed by atoms with E-state index in [0.717, 1.165) is 6.42 Å². The zero-order valence-corrected chi connectivity index (χ0v) is 8.65. The molecule has 0 aromatic heterocycles. The van der Waals surface area contributed by atoms with Crippen molar-refractivity contribution in [1.29, 1.82) is 5.41 Å². The van der Waals surface area contributed by atoms with Crippen LogP contribution >= 0.6 is 7.60 Å². The molecule has 1 fully saturated rings. The minimum Gasteiger partial charge on any atom is -0.341 e. The molecular weight excluding hydrogens is 207 g/mol. The summed E-state index contributed by atoms with van der Waals surface area (Å²) in [4.78, 5) is 18.9. The molecule has 14 heavy (non-hydrogen) atoms. The molecule has 0 spiro atoms. The molecule has 1 aliphatic rings. The van der Waals surface area contributed by atoms with Gasteiger partial charge in [-0.2, -0.15) is 0 Å². The van der Waals surface area contributed by atoms with Gasteiger partial charge >= 0.3 is 7.60 Å². The van der Waals surface area contributed by atoms with Crippen molar-refractivity contribution in [3.8, 4) is 0 Å². The Hall–Kier alpha value is -0.620. The van der Waals surface area contributed by atoms with E-state index in [1.165, 1.54) is 5.01 Å². The molecule has 7 nitrogen and oxygen atoms in total. The molecule has 0 saturated carbocycles.